The van der Waals surface area contributed by atoms with E-state index in [1.54, 1.807) is 18.4 Å². The molecule has 2 heterocycles. The standard InChI is InChI=1S/C14H21N5OS/c1-9(2)20-14-18-12(15-4)17-13(19-14)16-10(3)8-11-6-5-7-21-11/h5-7,9-10H,8H2,1-4H3,(H2,15,16,17,18,19). The zero-order valence-electron chi connectivity index (χ0n) is 12.8. The van der Waals surface area contributed by atoms with Crippen LogP contribution in [-0.2, 0) is 6.42 Å². The molecular weight excluding hydrogens is 286 g/mol. The van der Waals surface area contributed by atoms with Gasteiger partial charge in [0, 0.05) is 24.4 Å². The molecule has 1 atom stereocenters. The second kappa shape index (κ2) is 7.21. The van der Waals surface area contributed by atoms with Crippen LogP contribution in [0.15, 0.2) is 17.5 Å². The SMILES string of the molecule is CNc1nc(NC(C)Cc2cccs2)nc(OC(C)C)n1. The molecule has 114 valence electrons. The largest absolute Gasteiger partial charge is 0.461 e. The Hall–Kier alpha value is -1.89. The third-order valence-corrected chi connectivity index (χ3v) is 3.54. The molecule has 0 radical (unpaired) electrons. The van der Waals surface area contributed by atoms with Crippen LogP contribution in [0.5, 0.6) is 6.01 Å². The van der Waals surface area contributed by atoms with Crippen molar-refractivity contribution in [3.8, 4) is 6.01 Å². The summed E-state index contributed by atoms with van der Waals surface area (Å²) >= 11 is 1.75. The van der Waals surface area contributed by atoms with Crippen LogP contribution in [0.2, 0.25) is 0 Å². The molecule has 0 spiro atoms. The van der Waals surface area contributed by atoms with Gasteiger partial charge in [0.1, 0.15) is 0 Å². The smallest absolute Gasteiger partial charge is 0.323 e. The third kappa shape index (κ3) is 4.86. The van der Waals surface area contributed by atoms with Gasteiger partial charge in [-0.05, 0) is 32.2 Å². The van der Waals surface area contributed by atoms with Gasteiger partial charge in [-0.3, -0.25) is 0 Å². The first-order valence-electron chi connectivity index (χ1n) is 6.96. The number of hydrogen-bond donors (Lipinski definition) is 2. The highest BCUT2D eigenvalue weighted by Crippen LogP contribution is 2.16. The summed E-state index contributed by atoms with van der Waals surface area (Å²) in [4.78, 5) is 14.1. The van der Waals surface area contributed by atoms with E-state index in [0.717, 1.165) is 6.42 Å². The van der Waals surface area contributed by atoms with Crippen molar-refractivity contribution in [2.24, 2.45) is 0 Å². The number of nitrogens with zero attached hydrogens (tertiary/aromatic N) is 3. The van der Waals surface area contributed by atoms with E-state index in [2.05, 4.69) is 50.0 Å². The van der Waals surface area contributed by atoms with Gasteiger partial charge in [0.2, 0.25) is 11.9 Å². The zero-order valence-corrected chi connectivity index (χ0v) is 13.6. The van der Waals surface area contributed by atoms with E-state index < -0.39 is 0 Å². The summed E-state index contributed by atoms with van der Waals surface area (Å²) in [6, 6.07) is 4.74. The normalized spacial score (nSPS) is 12.2. The van der Waals surface area contributed by atoms with Crippen LogP contribution in [-0.4, -0.2) is 34.1 Å². The van der Waals surface area contributed by atoms with E-state index in [1.807, 2.05) is 13.8 Å². The monoisotopic (exact) mass is 307 g/mol. The highest BCUT2D eigenvalue weighted by Gasteiger charge is 2.11. The maximum Gasteiger partial charge on any atom is 0.323 e. The van der Waals surface area contributed by atoms with Gasteiger partial charge in [0.25, 0.3) is 0 Å². The van der Waals surface area contributed by atoms with Crippen molar-refractivity contribution in [3.05, 3.63) is 22.4 Å². The van der Waals surface area contributed by atoms with E-state index in [-0.39, 0.29) is 12.1 Å². The van der Waals surface area contributed by atoms with E-state index in [1.165, 1.54) is 4.88 Å². The highest BCUT2D eigenvalue weighted by molar-refractivity contribution is 7.09. The van der Waals surface area contributed by atoms with Crippen LogP contribution >= 0.6 is 11.3 Å². The lowest BCUT2D eigenvalue weighted by molar-refractivity contribution is 0.222. The van der Waals surface area contributed by atoms with Gasteiger partial charge in [0.15, 0.2) is 0 Å². The molecule has 0 aliphatic carbocycles. The molecule has 0 aliphatic heterocycles. The second-order valence-corrected chi connectivity index (χ2v) is 6.04. The molecule has 0 amide bonds. The minimum Gasteiger partial charge on any atom is -0.461 e. The van der Waals surface area contributed by atoms with Gasteiger partial charge >= 0.3 is 6.01 Å². The summed E-state index contributed by atoms with van der Waals surface area (Å²) < 4.78 is 5.54. The molecule has 2 aromatic rings. The molecule has 2 rings (SSSR count). The van der Waals surface area contributed by atoms with Crippen molar-refractivity contribution in [1.29, 1.82) is 0 Å². The fourth-order valence-corrected chi connectivity index (χ4v) is 2.63. The lowest BCUT2D eigenvalue weighted by Crippen LogP contribution is -2.20. The lowest BCUT2D eigenvalue weighted by atomic mass is 10.2. The minimum atomic E-state index is 0.0218. The van der Waals surface area contributed by atoms with Crippen molar-refractivity contribution in [1.82, 2.24) is 15.0 Å². The molecule has 2 aromatic heterocycles. The maximum atomic E-state index is 5.54. The van der Waals surface area contributed by atoms with E-state index in [4.69, 9.17) is 4.74 Å². The summed E-state index contributed by atoms with van der Waals surface area (Å²) in [6.07, 6.45) is 0.951. The zero-order chi connectivity index (χ0) is 15.2. The molecule has 6 nitrogen and oxygen atoms in total. The van der Waals surface area contributed by atoms with Crippen LogP contribution < -0.4 is 15.4 Å². The summed E-state index contributed by atoms with van der Waals surface area (Å²) in [5.41, 5.74) is 0. The van der Waals surface area contributed by atoms with Gasteiger partial charge in [-0.2, -0.15) is 15.0 Å². The Morgan fingerprint density at radius 2 is 1.95 bits per heavy atom. The third-order valence-electron chi connectivity index (χ3n) is 2.64. The Labute approximate surface area is 129 Å². The number of hydrogen-bond acceptors (Lipinski definition) is 7. The Kier molecular flexibility index (Phi) is 5.32. The van der Waals surface area contributed by atoms with Gasteiger partial charge < -0.3 is 15.4 Å². The Morgan fingerprint density at radius 1 is 1.19 bits per heavy atom. The van der Waals surface area contributed by atoms with Crippen molar-refractivity contribution in [2.75, 3.05) is 17.7 Å². The molecule has 0 aromatic carbocycles. The summed E-state index contributed by atoms with van der Waals surface area (Å²) in [6.45, 7) is 5.98. The van der Waals surface area contributed by atoms with Gasteiger partial charge in [-0.1, -0.05) is 6.07 Å². The number of aromatic nitrogens is 3. The van der Waals surface area contributed by atoms with Crippen LogP contribution in [0.1, 0.15) is 25.6 Å². The minimum absolute atomic E-state index is 0.0218. The van der Waals surface area contributed by atoms with Gasteiger partial charge in [-0.15, -0.1) is 11.3 Å². The van der Waals surface area contributed by atoms with Crippen LogP contribution in [0, 0.1) is 0 Å². The van der Waals surface area contributed by atoms with E-state index in [9.17, 15) is 0 Å². The molecule has 0 saturated carbocycles. The molecule has 0 bridgehead atoms. The summed E-state index contributed by atoms with van der Waals surface area (Å²) in [7, 11) is 1.77. The molecule has 2 N–H and O–H groups in total. The Morgan fingerprint density at radius 3 is 2.57 bits per heavy atom. The number of anilines is 2. The average Bonchev–Trinajstić information content (AvgIpc) is 2.90. The number of rotatable bonds is 7. The van der Waals surface area contributed by atoms with Crippen molar-refractivity contribution < 1.29 is 4.74 Å². The maximum absolute atomic E-state index is 5.54. The molecule has 21 heavy (non-hydrogen) atoms. The quantitative estimate of drug-likeness (QED) is 0.819. The lowest BCUT2D eigenvalue weighted by Gasteiger charge is -2.15. The fourth-order valence-electron chi connectivity index (χ4n) is 1.80. The molecule has 0 saturated heterocycles. The first kappa shape index (κ1) is 15.5. The highest BCUT2D eigenvalue weighted by atomic mass is 32.1. The average molecular weight is 307 g/mol. The molecule has 1 unspecified atom stereocenters. The number of thiophene rings is 1. The van der Waals surface area contributed by atoms with Crippen LogP contribution in [0.4, 0.5) is 11.9 Å². The predicted molar refractivity (Wildman–Crippen MR) is 86.2 cm³/mol. The summed E-state index contributed by atoms with van der Waals surface area (Å²) in [5.74, 6) is 1.01. The van der Waals surface area contributed by atoms with Gasteiger partial charge in [0.05, 0.1) is 6.10 Å². The first-order valence-corrected chi connectivity index (χ1v) is 7.84. The van der Waals surface area contributed by atoms with Crippen molar-refractivity contribution in [2.45, 2.75) is 39.3 Å². The Bertz CT molecular complexity index is 558. The van der Waals surface area contributed by atoms with Crippen LogP contribution in [0.3, 0.4) is 0 Å². The van der Waals surface area contributed by atoms with E-state index in [0.29, 0.717) is 17.9 Å². The topological polar surface area (TPSA) is 72.0 Å². The Balaban J connectivity index is 2.07. The number of ether oxygens (including phenoxy) is 1. The van der Waals surface area contributed by atoms with E-state index >= 15 is 0 Å². The molecule has 0 fully saturated rings. The molecular formula is C14H21N5OS. The molecule has 0 aliphatic rings. The summed E-state index contributed by atoms with van der Waals surface area (Å²) in [5, 5.41) is 8.29. The molecule has 7 heteroatoms. The van der Waals surface area contributed by atoms with Crippen LogP contribution in [0.25, 0.3) is 0 Å². The second-order valence-electron chi connectivity index (χ2n) is 5.01. The first-order chi connectivity index (χ1) is 10.1. The number of nitrogens with one attached hydrogen (secondary N) is 2. The fraction of sp³-hybridized carbons (Fsp3) is 0.500. The van der Waals surface area contributed by atoms with Crippen molar-refractivity contribution in [3.63, 3.8) is 0 Å². The van der Waals surface area contributed by atoms with Gasteiger partial charge in [-0.25, -0.2) is 0 Å². The van der Waals surface area contributed by atoms with Crippen molar-refractivity contribution >= 4 is 23.2 Å². The predicted octanol–water partition coefficient (Wildman–Crippen LogP) is 2.81.